The van der Waals surface area contributed by atoms with E-state index in [0.29, 0.717) is 19.3 Å². The van der Waals surface area contributed by atoms with Crippen LogP contribution >= 0.6 is 42.6 Å². The molecule has 0 radical (unpaired) electrons. The maximum atomic E-state index is 15.3. The van der Waals surface area contributed by atoms with Gasteiger partial charge in [0.05, 0.1) is 13.0 Å². The number of hydrogen-bond acceptors (Lipinski definition) is 12. The third kappa shape index (κ3) is 25.1. The number of halogens is 4. The van der Waals surface area contributed by atoms with Crippen LogP contribution in [0.4, 0.5) is 9.18 Å². The van der Waals surface area contributed by atoms with E-state index in [9.17, 15) is 18.9 Å². The number of para-hydroxylation sites is 2. The van der Waals surface area contributed by atoms with Crippen molar-refractivity contribution in [3.8, 4) is 11.5 Å². The van der Waals surface area contributed by atoms with E-state index in [2.05, 4.69) is 25.7 Å². The van der Waals surface area contributed by atoms with E-state index in [1.165, 1.54) is 88.1 Å². The van der Waals surface area contributed by atoms with Crippen LogP contribution in [0.15, 0.2) is 73.3 Å². The Labute approximate surface area is 418 Å². The van der Waals surface area contributed by atoms with Crippen LogP contribution in [0.5, 0.6) is 11.5 Å². The maximum absolute atomic E-state index is 15.3. The molecule has 1 saturated heterocycles. The second kappa shape index (κ2) is 34.3. The highest BCUT2D eigenvalue weighted by Crippen LogP contribution is 2.52. The summed E-state index contributed by atoms with van der Waals surface area (Å²) < 4.78 is 75.0. The summed E-state index contributed by atoms with van der Waals surface area (Å²) in [5.74, 6) is -1.21. The number of benzene rings is 2. The zero-order valence-corrected chi connectivity index (χ0v) is 43.0. The van der Waals surface area contributed by atoms with E-state index in [1.54, 1.807) is 36.4 Å². The molecule has 18 heteroatoms. The molecular formula is C50H74Cl3FNO12P. The average molecular weight is 1040 g/mol. The van der Waals surface area contributed by atoms with Gasteiger partial charge in [0.25, 0.3) is 0 Å². The van der Waals surface area contributed by atoms with Gasteiger partial charge < -0.3 is 38.0 Å². The molecule has 68 heavy (non-hydrogen) atoms. The number of amides is 1. The first-order valence-electron chi connectivity index (χ1n) is 24.4. The van der Waals surface area contributed by atoms with Gasteiger partial charge in [0, 0.05) is 6.42 Å². The first-order chi connectivity index (χ1) is 32.8. The smallest absolute Gasteiger partial charge is 0.462 e. The van der Waals surface area contributed by atoms with Crippen molar-refractivity contribution >= 4 is 60.7 Å². The largest absolute Gasteiger partial charge is 0.588 e. The van der Waals surface area contributed by atoms with Crippen molar-refractivity contribution < 1.29 is 60.6 Å². The van der Waals surface area contributed by atoms with Gasteiger partial charge in [0.15, 0.2) is 12.4 Å². The number of esters is 2. The Kier molecular flexibility index (Phi) is 29.8. The highest BCUT2D eigenvalue weighted by Gasteiger charge is 2.54. The first-order valence-corrected chi connectivity index (χ1v) is 27.0. The van der Waals surface area contributed by atoms with Gasteiger partial charge in [0.2, 0.25) is 3.79 Å². The SMILES string of the molecule is C=CCO[C@H]1O[C@H](CF)[C@@H](OP(=O)(Oc2ccccc2)Oc2ccccc2)[C@H](OC(=O)C[C@@H](CCCCCCCCCCC)OC(=O)CCCCCCCCCCC)[C@H]1NC(=O)OCC(Cl)(Cl)Cl. The molecule has 1 fully saturated rings. The second-order valence-corrected chi connectivity index (χ2v) is 21.0. The van der Waals surface area contributed by atoms with Gasteiger partial charge in [-0.25, -0.2) is 13.8 Å². The van der Waals surface area contributed by atoms with Crippen LogP contribution in [0.3, 0.4) is 0 Å². The number of hydrogen-bond donors (Lipinski definition) is 1. The van der Waals surface area contributed by atoms with Gasteiger partial charge >= 0.3 is 25.9 Å². The molecular weight excluding hydrogens is 963 g/mol. The Morgan fingerprint density at radius 3 is 1.78 bits per heavy atom. The van der Waals surface area contributed by atoms with E-state index in [4.69, 9.17) is 72.1 Å². The van der Waals surface area contributed by atoms with E-state index in [1.807, 2.05) is 0 Å². The molecule has 1 aliphatic rings. The minimum atomic E-state index is -4.86. The summed E-state index contributed by atoms with van der Waals surface area (Å²) in [5, 5.41) is 2.51. The standard InChI is InChI=1S/C50H74Cl3FNO12P/c1-4-7-9-11-13-15-17-19-23-33-41(62-43(56)34-28-20-18-16-14-12-10-8-5-2)36-44(57)64-47-45(55-49(58)61-38-50(51,52)53)48(60-35-6-3)63-42(37-54)46(47)67-68(59,65-39-29-24-21-25-30-39)66-40-31-26-22-27-32-40/h6,21-22,24-27,29-32,41-42,45-48H,3-5,7-20,23,28,33-38H2,1-2H3,(H,55,58)/t41-,42-,45-,46-,47-,48+/m1/s1. The summed E-state index contributed by atoms with van der Waals surface area (Å²) >= 11 is 17.6. The molecule has 2 aromatic rings. The number of ether oxygens (including phenoxy) is 5. The molecule has 0 bridgehead atoms. The first kappa shape index (κ1) is 59.2. The monoisotopic (exact) mass is 1040 g/mol. The van der Waals surface area contributed by atoms with Crippen LogP contribution in [0, 0.1) is 0 Å². The molecule has 1 aliphatic heterocycles. The lowest BCUT2D eigenvalue weighted by Gasteiger charge is -2.45. The van der Waals surface area contributed by atoms with Crippen molar-refractivity contribution in [2.75, 3.05) is 19.9 Å². The minimum Gasteiger partial charge on any atom is -0.462 e. The summed E-state index contributed by atoms with van der Waals surface area (Å²) in [7, 11) is -4.86. The zero-order valence-electron chi connectivity index (χ0n) is 39.9. The van der Waals surface area contributed by atoms with Gasteiger partial charge in [-0.1, -0.05) is 194 Å². The molecule has 0 aliphatic carbocycles. The number of phosphoric ester groups is 1. The molecule has 1 amide bonds. The van der Waals surface area contributed by atoms with Crippen molar-refractivity contribution in [3.63, 3.8) is 0 Å². The van der Waals surface area contributed by atoms with E-state index >= 15 is 4.39 Å². The summed E-state index contributed by atoms with van der Waals surface area (Å²) in [5.41, 5.74) is 0. The Morgan fingerprint density at radius 2 is 1.28 bits per heavy atom. The Bertz CT molecular complexity index is 1700. The fourth-order valence-corrected chi connectivity index (χ4v) is 9.21. The van der Waals surface area contributed by atoms with Crippen LogP contribution in [0.2, 0.25) is 0 Å². The van der Waals surface area contributed by atoms with Gasteiger partial charge in [0.1, 0.15) is 49.1 Å². The fraction of sp³-hybridized carbons (Fsp3) is 0.660. The molecule has 6 atom stereocenters. The van der Waals surface area contributed by atoms with E-state index in [0.717, 1.165) is 44.9 Å². The minimum absolute atomic E-state index is 0.0644. The molecule has 0 unspecified atom stereocenters. The lowest BCUT2D eigenvalue weighted by atomic mass is 9.96. The number of carbonyl (C=O) groups excluding carboxylic acids is 3. The Hall–Kier alpha value is -3.10. The highest BCUT2D eigenvalue weighted by molar-refractivity contribution is 7.49. The van der Waals surface area contributed by atoms with Crippen molar-refractivity contribution in [2.45, 2.75) is 189 Å². The summed E-state index contributed by atoms with van der Waals surface area (Å²) in [4.78, 5) is 40.9. The van der Waals surface area contributed by atoms with Crippen LogP contribution in [-0.4, -0.2) is 78.5 Å². The predicted molar refractivity (Wildman–Crippen MR) is 264 cm³/mol. The molecule has 384 valence electrons. The van der Waals surface area contributed by atoms with Crippen LogP contribution in [0.1, 0.15) is 149 Å². The number of rotatable bonds is 36. The lowest BCUT2D eigenvalue weighted by molar-refractivity contribution is -0.264. The summed E-state index contributed by atoms with van der Waals surface area (Å²) in [6, 6.07) is 14.4. The number of phosphoric acid groups is 1. The van der Waals surface area contributed by atoms with Crippen molar-refractivity contribution in [1.29, 1.82) is 0 Å². The topological polar surface area (TPSA) is 154 Å². The quantitative estimate of drug-likeness (QED) is 0.0172. The van der Waals surface area contributed by atoms with E-state index < -0.39 is 86.1 Å². The number of carbonyl (C=O) groups is 3. The summed E-state index contributed by atoms with van der Waals surface area (Å²) in [6.07, 6.45) is 12.0. The second-order valence-electron chi connectivity index (χ2n) is 17.0. The average Bonchev–Trinajstić information content (AvgIpc) is 3.30. The Morgan fingerprint density at radius 1 is 0.765 bits per heavy atom. The van der Waals surface area contributed by atoms with Gasteiger partial charge in [-0.15, -0.1) is 6.58 Å². The molecule has 13 nitrogen and oxygen atoms in total. The third-order valence-corrected chi connectivity index (χ3v) is 12.8. The number of nitrogens with one attached hydrogen (secondary N) is 1. The number of alkyl carbamates (subject to hydrolysis) is 1. The molecule has 3 rings (SSSR count). The van der Waals surface area contributed by atoms with E-state index in [-0.39, 0.29) is 24.5 Å². The molecule has 2 aromatic carbocycles. The molecule has 1 heterocycles. The predicted octanol–water partition coefficient (Wildman–Crippen LogP) is 14.1. The van der Waals surface area contributed by atoms with Crippen LogP contribution in [-0.2, 0) is 42.4 Å². The molecule has 1 N–H and O–H groups in total. The van der Waals surface area contributed by atoms with Crippen LogP contribution in [0.25, 0.3) is 0 Å². The highest BCUT2D eigenvalue weighted by atomic mass is 35.6. The molecule has 0 spiro atoms. The van der Waals surface area contributed by atoms with Crippen LogP contribution < -0.4 is 14.4 Å². The molecule has 0 saturated carbocycles. The maximum Gasteiger partial charge on any atom is 0.588 e. The van der Waals surface area contributed by atoms with Gasteiger partial charge in [-0.2, -0.15) is 0 Å². The lowest BCUT2D eigenvalue weighted by Crippen LogP contribution is -2.66. The number of alkyl halides is 4. The zero-order chi connectivity index (χ0) is 49.5. The van der Waals surface area contributed by atoms with Crippen molar-refractivity contribution in [2.24, 2.45) is 0 Å². The normalized spacial score (nSPS) is 18.8. The molecule has 0 aromatic heterocycles. The number of unbranched alkanes of at least 4 members (excludes halogenated alkanes) is 16. The fourth-order valence-electron chi connectivity index (χ4n) is 7.61. The van der Waals surface area contributed by atoms with Crippen molar-refractivity contribution in [3.05, 3.63) is 73.3 Å². The third-order valence-electron chi connectivity index (χ3n) is 11.1. The van der Waals surface area contributed by atoms with Gasteiger partial charge in [-0.3, -0.25) is 14.1 Å². The van der Waals surface area contributed by atoms with Crippen molar-refractivity contribution in [1.82, 2.24) is 5.32 Å². The van der Waals surface area contributed by atoms with Gasteiger partial charge in [-0.05, 0) is 43.5 Å². The summed E-state index contributed by atoms with van der Waals surface area (Å²) in [6.45, 7) is 5.90. The Balaban J connectivity index is 1.93.